The average molecular weight is 728 g/mol. The Morgan fingerprint density at radius 3 is 1.79 bits per heavy atom. The number of nitrogens with two attached hydrogens (primary N) is 1. The molecule has 0 aromatic carbocycles. The minimum Gasteiger partial charge on any atom is -0.463 e. The highest BCUT2D eigenvalue weighted by Crippen LogP contribution is 2.46. The summed E-state index contributed by atoms with van der Waals surface area (Å²) in [5.41, 5.74) is 5.05. The Morgan fingerprint density at radius 1 is 0.744 bits per heavy atom. The summed E-state index contributed by atoms with van der Waals surface area (Å²) < 4.78 is 29.9. The van der Waals surface area contributed by atoms with Crippen LogP contribution in [0.15, 0.2) is 0 Å². The third kappa shape index (κ3) is 16.4. The molecule has 8 heteroatoms. The van der Waals surface area contributed by atoms with E-state index in [9.17, 15) is 4.79 Å². The van der Waals surface area contributed by atoms with Gasteiger partial charge in [-0.05, 0) is 98.6 Å². The highest BCUT2D eigenvalue weighted by molar-refractivity contribution is 14.1. The lowest BCUT2D eigenvalue weighted by atomic mass is 9.72. The number of esters is 1. The maximum atomic E-state index is 12.9. The molecule has 0 saturated carbocycles. The fourth-order valence-corrected chi connectivity index (χ4v) is 5.29. The van der Waals surface area contributed by atoms with Gasteiger partial charge in [-0.2, -0.15) is 0 Å². The van der Waals surface area contributed by atoms with E-state index in [1.807, 2.05) is 6.92 Å². The standard InChI is InChI=1S/C35H70INO6/c1-25(24-41-26(2)32(10,11)17-19-39-27(3)37)34(14,15)35(16,36)43-20-18-33(12,13)42-22-21-40-29(38)28(31(7,8)9)23-30(4,5)6/h25-28H,17-24,37H2,1-16H3. The van der Waals surface area contributed by atoms with Crippen LogP contribution in [-0.2, 0) is 28.5 Å². The number of rotatable bonds is 20. The largest absolute Gasteiger partial charge is 0.463 e. The molecule has 0 fully saturated rings. The van der Waals surface area contributed by atoms with E-state index in [2.05, 4.69) is 126 Å². The average Bonchev–Trinajstić information content (AvgIpc) is 2.81. The van der Waals surface area contributed by atoms with Gasteiger partial charge in [0.2, 0.25) is 0 Å². The van der Waals surface area contributed by atoms with Crippen LogP contribution >= 0.6 is 22.6 Å². The van der Waals surface area contributed by atoms with Crippen molar-refractivity contribution in [3.8, 4) is 0 Å². The van der Waals surface area contributed by atoms with Crippen LogP contribution in [0, 0.1) is 33.5 Å². The molecule has 0 bridgehead atoms. The Bertz CT molecular complexity index is 810. The van der Waals surface area contributed by atoms with E-state index in [4.69, 9.17) is 29.4 Å². The predicted octanol–water partition coefficient (Wildman–Crippen LogP) is 8.79. The first-order valence-corrected chi connectivity index (χ1v) is 17.3. The van der Waals surface area contributed by atoms with Gasteiger partial charge in [-0.25, -0.2) is 0 Å². The normalized spacial score (nSPS) is 18.1. The van der Waals surface area contributed by atoms with Crippen LogP contribution < -0.4 is 5.73 Å². The second kappa shape index (κ2) is 17.2. The lowest BCUT2D eigenvalue weighted by Crippen LogP contribution is -2.46. The van der Waals surface area contributed by atoms with E-state index in [1.54, 1.807) is 0 Å². The quantitative estimate of drug-likeness (QED) is 0.0441. The van der Waals surface area contributed by atoms with Crippen LogP contribution in [-0.4, -0.2) is 60.5 Å². The van der Waals surface area contributed by atoms with Gasteiger partial charge in [0.1, 0.15) is 16.4 Å². The molecule has 5 atom stereocenters. The molecule has 0 spiro atoms. The summed E-state index contributed by atoms with van der Waals surface area (Å²) in [6.45, 7) is 36.7. The van der Waals surface area contributed by atoms with Gasteiger partial charge in [-0.1, -0.05) is 76.2 Å². The third-order valence-electron chi connectivity index (χ3n) is 9.25. The maximum Gasteiger partial charge on any atom is 0.309 e. The van der Waals surface area contributed by atoms with Gasteiger partial charge >= 0.3 is 5.97 Å². The van der Waals surface area contributed by atoms with Gasteiger partial charge in [0.05, 0.1) is 37.4 Å². The zero-order valence-electron chi connectivity index (χ0n) is 30.9. The molecular weight excluding hydrogens is 657 g/mol. The number of hydrogen-bond acceptors (Lipinski definition) is 7. The lowest BCUT2D eigenvalue weighted by Gasteiger charge is -2.45. The van der Waals surface area contributed by atoms with Gasteiger partial charge in [0.15, 0.2) is 0 Å². The number of halogens is 1. The van der Waals surface area contributed by atoms with Crippen molar-refractivity contribution >= 4 is 28.6 Å². The van der Waals surface area contributed by atoms with Crippen molar-refractivity contribution in [1.29, 1.82) is 0 Å². The molecule has 0 saturated heterocycles. The minimum atomic E-state index is -0.405. The van der Waals surface area contributed by atoms with Gasteiger partial charge < -0.3 is 29.4 Å². The Kier molecular flexibility index (Phi) is 17.2. The Hall–Kier alpha value is -0.000000000000000111. The molecule has 0 aromatic rings. The third-order valence-corrected chi connectivity index (χ3v) is 11.0. The summed E-state index contributed by atoms with van der Waals surface area (Å²) in [7, 11) is 0. The van der Waals surface area contributed by atoms with E-state index >= 15 is 0 Å². The van der Waals surface area contributed by atoms with Crippen LogP contribution in [0.1, 0.15) is 130 Å². The Morgan fingerprint density at radius 2 is 1.30 bits per heavy atom. The maximum absolute atomic E-state index is 12.9. The molecule has 258 valence electrons. The van der Waals surface area contributed by atoms with Crippen LogP contribution in [0.4, 0.5) is 0 Å². The Balaban J connectivity index is 4.81. The van der Waals surface area contributed by atoms with Crippen molar-refractivity contribution in [3.63, 3.8) is 0 Å². The first-order valence-electron chi connectivity index (χ1n) is 16.3. The fourth-order valence-electron chi connectivity index (χ4n) is 4.54. The Labute approximate surface area is 279 Å². The van der Waals surface area contributed by atoms with Crippen molar-refractivity contribution in [3.05, 3.63) is 0 Å². The molecule has 0 aliphatic rings. The summed E-state index contributed by atoms with van der Waals surface area (Å²) in [6.07, 6.45) is 2.23. The lowest BCUT2D eigenvalue weighted by molar-refractivity contribution is -0.158. The van der Waals surface area contributed by atoms with Gasteiger partial charge in [-0.15, -0.1) is 0 Å². The molecule has 0 rings (SSSR count). The topological polar surface area (TPSA) is 89.2 Å². The molecule has 5 unspecified atom stereocenters. The SMILES string of the molecule is CC(N)OCCC(C)(C)C(C)OCC(C)C(C)(C)C(C)(I)OCCC(C)(C)OCCOC(=O)C(CC(C)(C)C)C(C)(C)C. The molecule has 0 amide bonds. The predicted molar refractivity (Wildman–Crippen MR) is 187 cm³/mol. The van der Waals surface area contributed by atoms with Crippen LogP contribution in [0.3, 0.4) is 0 Å². The molecule has 0 aliphatic heterocycles. The molecular formula is C35H70INO6. The van der Waals surface area contributed by atoms with E-state index in [0.717, 1.165) is 19.3 Å². The zero-order valence-corrected chi connectivity index (χ0v) is 33.0. The van der Waals surface area contributed by atoms with Crippen molar-refractivity contribution in [2.24, 2.45) is 39.2 Å². The van der Waals surface area contributed by atoms with Crippen molar-refractivity contribution in [1.82, 2.24) is 0 Å². The summed E-state index contributed by atoms with van der Waals surface area (Å²) in [6, 6.07) is 0. The van der Waals surface area contributed by atoms with Crippen molar-refractivity contribution < 1.29 is 28.5 Å². The molecule has 2 N–H and O–H groups in total. The summed E-state index contributed by atoms with van der Waals surface area (Å²) in [5.74, 6) is -0.0237. The minimum absolute atomic E-state index is 0.0203. The molecule has 0 heterocycles. The van der Waals surface area contributed by atoms with Crippen molar-refractivity contribution in [2.45, 2.75) is 152 Å². The zero-order chi connectivity index (χ0) is 34.1. The molecule has 0 aromatic heterocycles. The van der Waals surface area contributed by atoms with Gasteiger partial charge in [0, 0.05) is 12.0 Å². The van der Waals surface area contributed by atoms with Crippen LogP contribution in [0.2, 0.25) is 0 Å². The van der Waals surface area contributed by atoms with Crippen molar-refractivity contribution in [2.75, 3.05) is 33.0 Å². The highest BCUT2D eigenvalue weighted by atomic mass is 127. The molecule has 7 nitrogen and oxygen atoms in total. The van der Waals surface area contributed by atoms with Crippen LogP contribution in [0.5, 0.6) is 0 Å². The number of hydrogen-bond donors (Lipinski definition) is 1. The van der Waals surface area contributed by atoms with Crippen LogP contribution in [0.25, 0.3) is 0 Å². The second-order valence-electron chi connectivity index (χ2n) is 16.9. The summed E-state index contributed by atoms with van der Waals surface area (Å²) in [5, 5.41) is 0. The summed E-state index contributed by atoms with van der Waals surface area (Å²) in [4.78, 5) is 12.9. The second-order valence-corrected chi connectivity index (χ2v) is 18.9. The van der Waals surface area contributed by atoms with E-state index in [1.165, 1.54) is 0 Å². The van der Waals surface area contributed by atoms with E-state index < -0.39 is 9.21 Å². The summed E-state index contributed by atoms with van der Waals surface area (Å²) >= 11 is 2.44. The number of ether oxygens (including phenoxy) is 5. The molecule has 43 heavy (non-hydrogen) atoms. The number of carbonyl (C=O) groups excluding carboxylic acids is 1. The molecule has 0 radical (unpaired) electrons. The number of alkyl halides is 1. The number of carbonyl (C=O) groups is 1. The van der Waals surface area contributed by atoms with Gasteiger partial charge in [0.25, 0.3) is 0 Å². The van der Waals surface area contributed by atoms with E-state index in [0.29, 0.717) is 26.4 Å². The smallest absolute Gasteiger partial charge is 0.309 e. The highest BCUT2D eigenvalue weighted by Gasteiger charge is 2.44. The monoisotopic (exact) mass is 727 g/mol. The van der Waals surface area contributed by atoms with Gasteiger partial charge in [-0.3, -0.25) is 4.79 Å². The molecule has 0 aliphatic carbocycles. The fraction of sp³-hybridized carbons (Fsp3) is 0.971. The van der Waals surface area contributed by atoms with E-state index in [-0.39, 0.29) is 58.4 Å². The first-order chi connectivity index (χ1) is 19.1. The first kappa shape index (κ1) is 43.0.